The van der Waals surface area contributed by atoms with E-state index < -0.39 is 0 Å². The molecule has 1 aliphatic carbocycles. The van der Waals surface area contributed by atoms with Crippen molar-refractivity contribution >= 4 is 5.69 Å². The fourth-order valence-electron chi connectivity index (χ4n) is 3.38. The lowest BCUT2D eigenvalue weighted by atomic mass is 9.70. The molecule has 106 valence electrons. The Morgan fingerprint density at radius 3 is 2.47 bits per heavy atom. The van der Waals surface area contributed by atoms with Gasteiger partial charge < -0.3 is 10.6 Å². The molecule has 0 aromatic heterocycles. The Hall–Kier alpha value is -1.02. The molecule has 2 N–H and O–H groups in total. The minimum atomic E-state index is 0.323. The zero-order chi connectivity index (χ0) is 13.9. The Morgan fingerprint density at radius 1 is 1.26 bits per heavy atom. The summed E-state index contributed by atoms with van der Waals surface area (Å²) in [6.45, 7) is 6.45. The highest BCUT2D eigenvalue weighted by Gasteiger charge is 2.34. The second-order valence-electron chi connectivity index (χ2n) is 6.53. The molecule has 0 bridgehead atoms. The van der Waals surface area contributed by atoms with E-state index >= 15 is 0 Å². The fraction of sp³-hybridized carbons (Fsp3) is 0.647. The summed E-state index contributed by atoms with van der Waals surface area (Å²) in [7, 11) is 2.21. The van der Waals surface area contributed by atoms with Gasteiger partial charge in [0.2, 0.25) is 0 Å². The lowest BCUT2D eigenvalue weighted by Gasteiger charge is -2.42. The van der Waals surface area contributed by atoms with E-state index in [1.165, 1.54) is 36.9 Å². The number of rotatable bonds is 4. The van der Waals surface area contributed by atoms with Crippen molar-refractivity contribution in [2.24, 2.45) is 17.1 Å². The first-order valence-corrected chi connectivity index (χ1v) is 7.53. The van der Waals surface area contributed by atoms with Gasteiger partial charge in [0.1, 0.15) is 0 Å². The number of benzene rings is 1. The highest BCUT2D eigenvalue weighted by Crippen LogP contribution is 2.39. The molecule has 2 nitrogen and oxygen atoms in total. The van der Waals surface area contributed by atoms with Gasteiger partial charge in [-0.25, -0.2) is 0 Å². The van der Waals surface area contributed by atoms with Crippen molar-refractivity contribution in [3.05, 3.63) is 29.8 Å². The zero-order valence-corrected chi connectivity index (χ0v) is 12.7. The Morgan fingerprint density at radius 2 is 1.89 bits per heavy atom. The quantitative estimate of drug-likeness (QED) is 0.896. The Kier molecular flexibility index (Phi) is 4.51. The van der Waals surface area contributed by atoms with Crippen LogP contribution in [0.4, 0.5) is 5.69 Å². The highest BCUT2D eigenvalue weighted by atomic mass is 15.1. The average molecular weight is 260 g/mol. The molecule has 2 rings (SSSR count). The van der Waals surface area contributed by atoms with Crippen molar-refractivity contribution in [1.29, 1.82) is 0 Å². The van der Waals surface area contributed by atoms with Gasteiger partial charge in [-0.1, -0.05) is 38.0 Å². The fourth-order valence-corrected chi connectivity index (χ4v) is 3.38. The predicted octanol–water partition coefficient (Wildman–Crippen LogP) is 3.59. The predicted molar refractivity (Wildman–Crippen MR) is 83.6 cm³/mol. The van der Waals surface area contributed by atoms with Crippen molar-refractivity contribution in [2.75, 3.05) is 25.0 Å². The van der Waals surface area contributed by atoms with Crippen LogP contribution in [0.25, 0.3) is 0 Å². The van der Waals surface area contributed by atoms with Gasteiger partial charge in [-0.3, -0.25) is 0 Å². The lowest BCUT2D eigenvalue weighted by Crippen LogP contribution is -2.43. The van der Waals surface area contributed by atoms with Crippen LogP contribution in [-0.2, 0) is 0 Å². The van der Waals surface area contributed by atoms with Gasteiger partial charge in [-0.2, -0.15) is 0 Å². The molecule has 1 fully saturated rings. The van der Waals surface area contributed by atoms with Gasteiger partial charge in [0.25, 0.3) is 0 Å². The molecule has 1 aromatic rings. The summed E-state index contributed by atoms with van der Waals surface area (Å²) in [4.78, 5) is 2.40. The van der Waals surface area contributed by atoms with Crippen molar-refractivity contribution in [3.8, 4) is 0 Å². The van der Waals surface area contributed by atoms with Crippen molar-refractivity contribution in [1.82, 2.24) is 0 Å². The summed E-state index contributed by atoms with van der Waals surface area (Å²) in [5, 5.41) is 0. The molecule has 1 aromatic carbocycles. The first kappa shape index (κ1) is 14.4. The molecular weight excluding hydrogens is 232 g/mol. The van der Waals surface area contributed by atoms with Gasteiger partial charge in [0, 0.05) is 24.7 Å². The van der Waals surface area contributed by atoms with E-state index in [1.54, 1.807) is 0 Å². The minimum absolute atomic E-state index is 0.323. The second-order valence-corrected chi connectivity index (χ2v) is 6.53. The van der Waals surface area contributed by atoms with E-state index in [2.05, 4.69) is 50.1 Å². The number of aryl methyl sites for hydroxylation is 1. The van der Waals surface area contributed by atoms with Crippen LogP contribution in [-0.4, -0.2) is 20.1 Å². The molecule has 2 heteroatoms. The molecule has 1 saturated carbocycles. The number of hydrogen-bond acceptors (Lipinski definition) is 2. The van der Waals surface area contributed by atoms with Crippen LogP contribution in [0, 0.1) is 18.3 Å². The van der Waals surface area contributed by atoms with Gasteiger partial charge in [-0.05, 0) is 43.9 Å². The zero-order valence-electron chi connectivity index (χ0n) is 12.7. The third-order valence-electron chi connectivity index (χ3n) is 4.87. The van der Waals surface area contributed by atoms with Crippen LogP contribution < -0.4 is 10.6 Å². The van der Waals surface area contributed by atoms with Gasteiger partial charge in [0.15, 0.2) is 0 Å². The van der Waals surface area contributed by atoms with Crippen LogP contribution in [0.3, 0.4) is 0 Å². The molecule has 0 saturated heterocycles. The number of nitrogens with two attached hydrogens (primary N) is 1. The average Bonchev–Trinajstić information content (AvgIpc) is 2.42. The lowest BCUT2D eigenvalue weighted by molar-refractivity contribution is 0.171. The number of hydrogen-bond donors (Lipinski definition) is 1. The van der Waals surface area contributed by atoms with E-state index in [9.17, 15) is 0 Å². The van der Waals surface area contributed by atoms with E-state index in [4.69, 9.17) is 5.73 Å². The summed E-state index contributed by atoms with van der Waals surface area (Å²) < 4.78 is 0. The summed E-state index contributed by atoms with van der Waals surface area (Å²) in [5.74, 6) is 0.878. The maximum Gasteiger partial charge on any atom is 0.0393 e. The maximum atomic E-state index is 6.12. The van der Waals surface area contributed by atoms with Gasteiger partial charge >= 0.3 is 0 Å². The molecule has 19 heavy (non-hydrogen) atoms. The molecule has 0 spiro atoms. The van der Waals surface area contributed by atoms with E-state index in [-0.39, 0.29) is 0 Å². The second kappa shape index (κ2) is 5.96. The topological polar surface area (TPSA) is 29.3 Å². The highest BCUT2D eigenvalue weighted by molar-refractivity contribution is 5.52. The molecule has 1 aliphatic rings. The summed E-state index contributed by atoms with van der Waals surface area (Å²) >= 11 is 0. The molecule has 0 heterocycles. The van der Waals surface area contributed by atoms with Crippen LogP contribution in [0.2, 0.25) is 0 Å². The third kappa shape index (κ3) is 3.30. The maximum absolute atomic E-state index is 6.12. The smallest absolute Gasteiger partial charge is 0.0393 e. The number of para-hydroxylation sites is 1. The van der Waals surface area contributed by atoms with Gasteiger partial charge in [-0.15, -0.1) is 0 Å². The largest absolute Gasteiger partial charge is 0.374 e. The van der Waals surface area contributed by atoms with E-state index in [0.717, 1.165) is 19.0 Å². The van der Waals surface area contributed by atoms with E-state index in [1.807, 2.05) is 0 Å². The normalized spacial score (nSPS) is 27.3. The SMILES string of the molecule is Cc1ccccc1N(C)CC1(CN)CCC(C)CC1. The van der Waals surface area contributed by atoms with Crippen LogP contribution in [0.15, 0.2) is 24.3 Å². The van der Waals surface area contributed by atoms with Crippen molar-refractivity contribution in [2.45, 2.75) is 39.5 Å². The Labute approximate surface area is 118 Å². The van der Waals surface area contributed by atoms with Crippen LogP contribution in [0.5, 0.6) is 0 Å². The number of nitrogens with zero attached hydrogens (tertiary/aromatic N) is 1. The molecular formula is C17H28N2. The monoisotopic (exact) mass is 260 g/mol. The molecule has 0 aliphatic heterocycles. The molecule has 0 atom stereocenters. The first-order valence-electron chi connectivity index (χ1n) is 7.53. The minimum Gasteiger partial charge on any atom is -0.374 e. The third-order valence-corrected chi connectivity index (χ3v) is 4.87. The van der Waals surface area contributed by atoms with E-state index in [0.29, 0.717) is 5.41 Å². The molecule has 0 amide bonds. The van der Waals surface area contributed by atoms with Gasteiger partial charge in [0.05, 0.1) is 0 Å². The Balaban J connectivity index is 2.08. The van der Waals surface area contributed by atoms with Crippen molar-refractivity contribution in [3.63, 3.8) is 0 Å². The van der Waals surface area contributed by atoms with Crippen LogP contribution >= 0.6 is 0 Å². The first-order chi connectivity index (χ1) is 9.06. The summed E-state index contributed by atoms with van der Waals surface area (Å²) in [6.07, 6.45) is 5.22. The van der Waals surface area contributed by atoms with Crippen molar-refractivity contribution < 1.29 is 0 Å². The molecule has 0 radical (unpaired) electrons. The standard InChI is InChI=1S/C17H28N2/c1-14-8-10-17(12-18,11-9-14)13-19(3)16-7-5-4-6-15(16)2/h4-7,14H,8-13,18H2,1-3H3. The summed E-state index contributed by atoms with van der Waals surface area (Å²) in [6, 6.07) is 8.62. The van der Waals surface area contributed by atoms with Crippen LogP contribution in [0.1, 0.15) is 38.2 Å². The Bertz CT molecular complexity index is 405. The number of anilines is 1. The molecule has 0 unspecified atom stereocenters. The summed E-state index contributed by atoms with van der Waals surface area (Å²) in [5.41, 5.74) is 9.13.